The molecule has 0 spiro atoms. The van der Waals surface area contributed by atoms with Crippen LogP contribution in [0.4, 0.5) is 0 Å². The minimum absolute atomic E-state index is 0.279. The van der Waals surface area contributed by atoms with Crippen molar-refractivity contribution in [2.75, 3.05) is 13.1 Å². The number of carbonyl (C=O) groups excluding carboxylic acids is 1. The number of hydrogen-bond acceptors (Lipinski definition) is 3. The normalized spacial score (nSPS) is 18.8. The molecular weight excluding hydrogens is 214 g/mol. The van der Waals surface area contributed by atoms with E-state index in [1.807, 2.05) is 12.5 Å². The molecule has 4 heteroatoms. The van der Waals surface area contributed by atoms with Gasteiger partial charge in [-0.15, -0.1) is 0 Å². The molecule has 0 unspecified atom stereocenters. The highest BCUT2D eigenvalue weighted by atomic mass is 16.1. The monoisotopic (exact) mass is 235 g/mol. The average molecular weight is 235 g/mol. The third kappa shape index (κ3) is 2.94. The van der Waals surface area contributed by atoms with Gasteiger partial charge in [-0.1, -0.05) is 0 Å². The molecular formula is C13H21N3O. The van der Waals surface area contributed by atoms with Gasteiger partial charge in [-0.3, -0.25) is 4.90 Å². The maximum atomic E-state index is 10.7. The van der Waals surface area contributed by atoms with E-state index in [-0.39, 0.29) is 5.92 Å². The first-order valence-electron chi connectivity index (χ1n) is 6.39. The van der Waals surface area contributed by atoms with Gasteiger partial charge in [0.1, 0.15) is 6.29 Å². The molecule has 0 aromatic carbocycles. The van der Waals surface area contributed by atoms with Gasteiger partial charge in [-0.05, 0) is 39.8 Å². The lowest BCUT2D eigenvalue weighted by molar-refractivity contribution is -0.112. The number of carbonyl (C=O) groups is 1. The Morgan fingerprint density at radius 2 is 2.18 bits per heavy atom. The van der Waals surface area contributed by atoms with E-state index in [9.17, 15) is 4.79 Å². The van der Waals surface area contributed by atoms with Gasteiger partial charge < -0.3 is 9.36 Å². The third-order valence-corrected chi connectivity index (χ3v) is 3.51. The van der Waals surface area contributed by atoms with Crippen LogP contribution in [0.1, 0.15) is 38.4 Å². The quantitative estimate of drug-likeness (QED) is 0.748. The molecule has 2 heterocycles. The van der Waals surface area contributed by atoms with Crippen LogP contribution in [0.3, 0.4) is 0 Å². The summed E-state index contributed by atoms with van der Waals surface area (Å²) in [5.74, 6) is 0.279. The summed E-state index contributed by atoms with van der Waals surface area (Å²) in [6.07, 6.45) is 6.96. The van der Waals surface area contributed by atoms with Crippen LogP contribution in [0.15, 0.2) is 12.5 Å². The fraction of sp³-hybridized carbons (Fsp3) is 0.692. The summed E-state index contributed by atoms with van der Waals surface area (Å²) >= 11 is 0. The van der Waals surface area contributed by atoms with Crippen molar-refractivity contribution in [2.45, 2.75) is 39.3 Å². The molecule has 1 saturated heterocycles. The lowest BCUT2D eigenvalue weighted by Crippen LogP contribution is -2.34. The second-order valence-corrected chi connectivity index (χ2v) is 5.14. The van der Waals surface area contributed by atoms with Crippen molar-refractivity contribution < 1.29 is 4.79 Å². The molecule has 2 rings (SSSR count). The Morgan fingerprint density at radius 3 is 2.76 bits per heavy atom. The van der Waals surface area contributed by atoms with Crippen LogP contribution in [0, 0.1) is 5.92 Å². The van der Waals surface area contributed by atoms with Gasteiger partial charge in [0.25, 0.3) is 0 Å². The molecule has 1 fully saturated rings. The molecule has 1 aromatic heterocycles. The number of rotatable bonds is 4. The van der Waals surface area contributed by atoms with E-state index in [1.54, 1.807) is 0 Å². The molecule has 1 aliphatic heterocycles. The second kappa shape index (κ2) is 5.45. The van der Waals surface area contributed by atoms with E-state index >= 15 is 0 Å². The number of likely N-dealkylation sites (tertiary alicyclic amines) is 1. The van der Waals surface area contributed by atoms with Crippen LogP contribution in [-0.2, 0) is 11.3 Å². The summed E-state index contributed by atoms with van der Waals surface area (Å²) in [5, 5.41) is 0. The zero-order valence-corrected chi connectivity index (χ0v) is 10.7. The van der Waals surface area contributed by atoms with Gasteiger partial charge in [0.05, 0.1) is 12.0 Å². The Balaban J connectivity index is 1.93. The zero-order chi connectivity index (χ0) is 12.3. The van der Waals surface area contributed by atoms with Crippen molar-refractivity contribution >= 4 is 6.29 Å². The highest BCUT2D eigenvalue weighted by Crippen LogP contribution is 2.18. The van der Waals surface area contributed by atoms with Crippen molar-refractivity contribution in [1.29, 1.82) is 0 Å². The summed E-state index contributed by atoms with van der Waals surface area (Å²) in [4.78, 5) is 17.3. The molecule has 1 aliphatic rings. The largest absolute Gasteiger partial charge is 0.331 e. The standard InChI is InChI=1S/C13H21N3O/c1-11(2)16-10-14-7-13(16)8-15-5-3-12(9-17)4-6-15/h7,9-12H,3-6,8H2,1-2H3. The van der Waals surface area contributed by atoms with Crippen LogP contribution < -0.4 is 0 Å². The lowest BCUT2D eigenvalue weighted by atomic mass is 9.98. The van der Waals surface area contributed by atoms with Gasteiger partial charge in [0.2, 0.25) is 0 Å². The number of imidazole rings is 1. The summed E-state index contributed by atoms with van der Waals surface area (Å²) in [7, 11) is 0. The van der Waals surface area contributed by atoms with E-state index in [4.69, 9.17) is 0 Å². The minimum Gasteiger partial charge on any atom is -0.331 e. The van der Waals surface area contributed by atoms with Crippen molar-refractivity contribution in [3.63, 3.8) is 0 Å². The van der Waals surface area contributed by atoms with E-state index in [0.29, 0.717) is 6.04 Å². The average Bonchev–Trinajstić information content (AvgIpc) is 2.78. The summed E-state index contributed by atoms with van der Waals surface area (Å²) < 4.78 is 2.21. The lowest BCUT2D eigenvalue weighted by Gasteiger charge is -2.29. The second-order valence-electron chi connectivity index (χ2n) is 5.14. The molecule has 94 valence electrons. The molecule has 0 saturated carbocycles. The molecule has 4 nitrogen and oxygen atoms in total. The number of aldehydes is 1. The third-order valence-electron chi connectivity index (χ3n) is 3.51. The van der Waals surface area contributed by atoms with Gasteiger partial charge >= 0.3 is 0 Å². The molecule has 0 bridgehead atoms. The van der Waals surface area contributed by atoms with E-state index in [2.05, 4.69) is 28.3 Å². The highest BCUT2D eigenvalue weighted by molar-refractivity contribution is 5.53. The molecule has 0 amide bonds. The van der Waals surface area contributed by atoms with Crippen LogP contribution in [-0.4, -0.2) is 33.8 Å². The number of piperidine rings is 1. The SMILES string of the molecule is CC(C)n1cncc1CN1CCC(C=O)CC1. The van der Waals surface area contributed by atoms with Gasteiger partial charge in [-0.2, -0.15) is 0 Å². The Labute approximate surface area is 103 Å². The zero-order valence-electron chi connectivity index (χ0n) is 10.7. The van der Waals surface area contributed by atoms with E-state index < -0.39 is 0 Å². The summed E-state index contributed by atoms with van der Waals surface area (Å²) in [6.45, 7) is 7.33. The molecule has 0 radical (unpaired) electrons. The van der Waals surface area contributed by atoms with Crippen molar-refractivity contribution in [1.82, 2.24) is 14.5 Å². The first kappa shape index (κ1) is 12.3. The predicted molar refractivity (Wildman–Crippen MR) is 66.7 cm³/mol. The van der Waals surface area contributed by atoms with Crippen LogP contribution >= 0.6 is 0 Å². The Hall–Kier alpha value is -1.16. The Morgan fingerprint density at radius 1 is 1.47 bits per heavy atom. The topological polar surface area (TPSA) is 38.1 Å². The first-order valence-corrected chi connectivity index (χ1v) is 6.39. The summed E-state index contributed by atoms with van der Waals surface area (Å²) in [6, 6.07) is 0.458. The van der Waals surface area contributed by atoms with Crippen molar-refractivity contribution in [3.05, 3.63) is 18.2 Å². The van der Waals surface area contributed by atoms with Gasteiger partial charge in [0, 0.05) is 24.7 Å². The van der Waals surface area contributed by atoms with E-state index in [1.165, 1.54) is 5.69 Å². The maximum Gasteiger partial charge on any atom is 0.123 e. The van der Waals surface area contributed by atoms with Crippen LogP contribution in [0.2, 0.25) is 0 Å². The maximum absolute atomic E-state index is 10.7. The molecule has 0 atom stereocenters. The number of hydrogen-bond donors (Lipinski definition) is 0. The fourth-order valence-electron chi connectivity index (χ4n) is 2.40. The number of nitrogens with zero attached hydrogens (tertiary/aromatic N) is 3. The van der Waals surface area contributed by atoms with Gasteiger partial charge in [0.15, 0.2) is 0 Å². The van der Waals surface area contributed by atoms with Gasteiger partial charge in [-0.25, -0.2) is 4.98 Å². The molecule has 1 aromatic rings. The molecule has 17 heavy (non-hydrogen) atoms. The smallest absolute Gasteiger partial charge is 0.123 e. The highest BCUT2D eigenvalue weighted by Gasteiger charge is 2.19. The number of aromatic nitrogens is 2. The Bertz CT molecular complexity index is 364. The van der Waals surface area contributed by atoms with E-state index in [0.717, 1.165) is 38.8 Å². The van der Waals surface area contributed by atoms with Crippen LogP contribution in [0.5, 0.6) is 0 Å². The minimum atomic E-state index is 0.279. The first-order chi connectivity index (χ1) is 8.20. The fourth-order valence-corrected chi connectivity index (χ4v) is 2.40. The molecule has 0 N–H and O–H groups in total. The van der Waals surface area contributed by atoms with Crippen LogP contribution in [0.25, 0.3) is 0 Å². The summed E-state index contributed by atoms with van der Waals surface area (Å²) in [5.41, 5.74) is 1.27. The van der Waals surface area contributed by atoms with Crippen molar-refractivity contribution in [3.8, 4) is 0 Å². The molecule has 0 aliphatic carbocycles. The predicted octanol–water partition coefficient (Wildman–Crippen LogP) is 1.87. The van der Waals surface area contributed by atoms with Crippen molar-refractivity contribution in [2.24, 2.45) is 5.92 Å². The Kier molecular flexibility index (Phi) is 3.94.